The zero-order chi connectivity index (χ0) is 20.9. The number of rotatable bonds is 8. The number of unbranched alkanes of at least 4 members (excludes halogenated alkanes) is 2. The summed E-state index contributed by atoms with van der Waals surface area (Å²) in [5.74, 6) is -0.130. The summed E-state index contributed by atoms with van der Waals surface area (Å²) < 4.78 is 4.45. The van der Waals surface area contributed by atoms with E-state index in [0.717, 1.165) is 19.3 Å². The molecule has 3 N–H and O–H groups in total. The fourth-order valence-electron chi connectivity index (χ4n) is 5.01. The maximum atomic E-state index is 13.3. The second kappa shape index (κ2) is 7.37. The van der Waals surface area contributed by atoms with Gasteiger partial charge in [0, 0.05) is 18.5 Å². The van der Waals surface area contributed by atoms with Crippen LogP contribution in [-0.2, 0) is 13.1 Å². The minimum absolute atomic E-state index is 0.130. The number of imidazole rings is 1. The van der Waals surface area contributed by atoms with E-state index in [1.54, 1.807) is 9.13 Å². The molecule has 2 aliphatic carbocycles. The van der Waals surface area contributed by atoms with Crippen molar-refractivity contribution in [2.45, 2.75) is 77.3 Å². The number of aliphatic hydroxyl groups is 3. The van der Waals surface area contributed by atoms with Crippen molar-refractivity contribution in [3.05, 3.63) is 27.2 Å². The summed E-state index contributed by atoms with van der Waals surface area (Å²) in [5, 5.41) is 30.9. The highest BCUT2D eigenvalue weighted by Crippen LogP contribution is 2.67. The summed E-state index contributed by atoms with van der Waals surface area (Å²) in [5.41, 5.74) is -0.859. The molecule has 2 aromatic heterocycles. The van der Waals surface area contributed by atoms with Gasteiger partial charge in [-0.1, -0.05) is 26.7 Å². The summed E-state index contributed by atoms with van der Waals surface area (Å²) in [6, 6.07) is -0.549. The van der Waals surface area contributed by atoms with Crippen molar-refractivity contribution in [3.8, 4) is 0 Å². The van der Waals surface area contributed by atoms with Gasteiger partial charge in [0.05, 0.1) is 25.1 Å². The molecule has 29 heavy (non-hydrogen) atoms. The van der Waals surface area contributed by atoms with E-state index in [2.05, 4.69) is 4.98 Å². The van der Waals surface area contributed by atoms with Crippen LogP contribution in [0.3, 0.4) is 0 Å². The van der Waals surface area contributed by atoms with E-state index in [1.165, 1.54) is 10.9 Å². The molecule has 2 aromatic rings. The molecule has 0 radical (unpaired) electrons. The Labute approximate surface area is 168 Å². The third-order valence-corrected chi connectivity index (χ3v) is 6.88. The monoisotopic (exact) mass is 406 g/mol. The lowest BCUT2D eigenvalue weighted by Gasteiger charge is -2.23. The quantitative estimate of drug-likeness (QED) is 0.577. The number of nitrogens with zero attached hydrogens (tertiary/aromatic N) is 4. The van der Waals surface area contributed by atoms with E-state index in [0.29, 0.717) is 31.6 Å². The highest BCUT2D eigenvalue weighted by molar-refractivity contribution is 5.70. The molecule has 2 heterocycles. The summed E-state index contributed by atoms with van der Waals surface area (Å²) in [7, 11) is 0. The van der Waals surface area contributed by atoms with Crippen molar-refractivity contribution < 1.29 is 15.3 Å². The minimum atomic E-state index is -1.10. The molecule has 160 valence electrons. The van der Waals surface area contributed by atoms with E-state index in [9.17, 15) is 24.9 Å². The predicted octanol–water partition coefficient (Wildman–Crippen LogP) is 0.235. The lowest BCUT2D eigenvalue weighted by atomic mass is 10.0. The van der Waals surface area contributed by atoms with Gasteiger partial charge in [0.1, 0.15) is 6.10 Å². The van der Waals surface area contributed by atoms with Crippen LogP contribution in [0.5, 0.6) is 0 Å². The SMILES string of the molecule is CCCCn1c(=O)c2c(ncn2[C@H]2[C@H](O)[C@H](O)[C@@]3(CO)C[C@H]23)n(CCCC)c1=O. The Bertz CT molecular complexity index is 1020. The Morgan fingerprint density at radius 1 is 1.14 bits per heavy atom. The Morgan fingerprint density at radius 2 is 1.79 bits per heavy atom. The Hall–Kier alpha value is -1.97. The second-order valence-electron chi connectivity index (χ2n) is 8.55. The van der Waals surface area contributed by atoms with Crippen molar-refractivity contribution in [1.29, 1.82) is 0 Å². The average molecular weight is 406 g/mol. The first-order valence-corrected chi connectivity index (χ1v) is 10.6. The molecule has 0 aliphatic heterocycles. The largest absolute Gasteiger partial charge is 0.396 e. The van der Waals surface area contributed by atoms with Gasteiger partial charge in [0.2, 0.25) is 0 Å². The van der Waals surface area contributed by atoms with Crippen LogP contribution in [0.2, 0.25) is 0 Å². The summed E-state index contributed by atoms with van der Waals surface area (Å²) >= 11 is 0. The number of aliphatic hydroxyl groups excluding tert-OH is 3. The van der Waals surface area contributed by atoms with Gasteiger partial charge in [-0.2, -0.15) is 0 Å². The molecule has 2 aliphatic rings. The maximum Gasteiger partial charge on any atom is 0.332 e. The van der Waals surface area contributed by atoms with Crippen LogP contribution in [-0.4, -0.2) is 52.8 Å². The first kappa shape index (κ1) is 20.3. The highest BCUT2D eigenvalue weighted by atomic mass is 16.3. The first-order chi connectivity index (χ1) is 13.9. The van der Waals surface area contributed by atoms with E-state index < -0.39 is 29.2 Å². The molecule has 9 heteroatoms. The summed E-state index contributed by atoms with van der Waals surface area (Å²) in [6.07, 6.45) is 3.18. The van der Waals surface area contributed by atoms with E-state index in [4.69, 9.17) is 0 Å². The zero-order valence-electron chi connectivity index (χ0n) is 17.0. The Balaban J connectivity index is 1.89. The van der Waals surface area contributed by atoms with Crippen LogP contribution in [0.4, 0.5) is 0 Å². The van der Waals surface area contributed by atoms with E-state index >= 15 is 0 Å². The fourth-order valence-corrected chi connectivity index (χ4v) is 5.01. The Morgan fingerprint density at radius 3 is 2.38 bits per heavy atom. The van der Waals surface area contributed by atoms with Crippen molar-refractivity contribution in [3.63, 3.8) is 0 Å². The molecule has 0 saturated heterocycles. The predicted molar refractivity (Wildman–Crippen MR) is 107 cm³/mol. The van der Waals surface area contributed by atoms with Crippen LogP contribution in [0, 0.1) is 11.3 Å². The van der Waals surface area contributed by atoms with E-state index in [1.807, 2.05) is 13.8 Å². The standard InChI is InChI=1S/C20H30N4O5/c1-3-5-7-22-17-14(18(28)23(19(22)29)8-6-4-2)24(11-21-17)13-12-9-20(12,10-25)16(27)15(13)26/h11-13,15-16,25-27H,3-10H2,1-2H3/t12-,13-,15+,16+,20-/m1/s1. The lowest BCUT2D eigenvalue weighted by Crippen LogP contribution is -2.41. The summed E-state index contributed by atoms with van der Waals surface area (Å²) in [6.45, 7) is 4.63. The van der Waals surface area contributed by atoms with Gasteiger partial charge in [0.15, 0.2) is 11.2 Å². The maximum absolute atomic E-state index is 13.3. The normalized spacial score (nSPS) is 30.8. The van der Waals surface area contributed by atoms with Gasteiger partial charge in [0.25, 0.3) is 5.56 Å². The van der Waals surface area contributed by atoms with Gasteiger partial charge in [-0.15, -0.1) is 0 Å². The molecule has 5 atom stereocenters. The van der Waals surface area contributed by atoms with Gasteiger partial charge in [-0.25, -0.2) is 9.78 Å². The molecule has 0 spiro atoms. The topological polar surface area (TPSA) is 123 Å². The summed E-state index contributed by atoms with van der Waals surface area (Å²) in [4.78, 5) is 30.6. The van der Waals surface area contributed by atoms with Gasteiger partial charge >= 0.3 is 5.69 Å². The molecule has 0 aromatic carbocycles. The second-order valence-corrected chi connectivity index (χ2v) is 8.55. The highest BCUT2D eigenvalue weighted by Gasteiger charge is 2.71. The van der Waals surface area contributed by atoms with Gasteiger partial charge < -0.3 is 19.9 Å². The molecular weight excluding hydrogens is 376 g/mol. The van der Waals surface area contributed by atoms with E-state index in [-0.39, 0.29) is 23.7 Å². The van der Waals surface area contributed by atoms with Gasteiger partial charge in [-0.3, -0.25) is 13.9 Å². The molecule has 2 saturated carbocycles. The smallest absolute Gasteiger partial charge is 0.332 e. The number of aryl methyl sites for hydroxylation is 1. The fraction of sp³-hybridized carbons (Fsp3) is 0.750. The van der Waals surface area contributed by atoms with Crippen molar-refractivity contribution in [1.82, 2.24) is 18.7 Å². The van der Waals surface area contributed by atoms with Gasteiger partial charge in [-0.05, 0) is 25.2 Å². The first-order valence-electron chi connectivity index (χ1n) is 10.6. The van der Waals surface area contributed by atoms with Crippen LogP contribution >= 0.6 is 0 Å². The molecule has 2 fully saturated rings. The van der Waals surface area contributed by atoms with Crippen LogP contribution in [0.1, 0.15) is 52.0 Å². The van der Waals surface area contributed by atoms with Crippen LogP contribution in [0.15, 0.2) is 15.9 Å². The number of aromatic nitrogens is 4. The third kappa shape index (κ3) is 2.82. The number of hydrogen-bond acceptors (Lipinski definition) is 6. The molecule has 0 bridgehead atoms. The molecular formula is C20H30N4O5. The number of hydrogen-bond donors (Lipinski definition) is 3. The molecule has 4 rings (SSSR count). The molecule has 0 amide bonds. The third-order valence-electron chi connectivity index (χ3n) is 6.88. The lowest BCUT2D eigenvalue weighted by molar-refractivity contribution is -0.0300. The van der Waals surface area contributed by atoms with Crippen LogP contribution in [0.25, 0.3) is 11.2 Å². The zero-order valence-corrected chi connectivity index (χ0v) is 17.0. The van der Waals surface area contributed by atoms with Crippen molar-refractivity contribution >= 4 is 11.2 Å². The van der Waals surface area contributed by atoms with Crippen molar-refractivity contribution in [2.75, 3.05) is 6.61 Å². The number of fused-ring (bicyclic) bond motifs is 2. The Kier molecular flexibility index (Phi) is 5.16. The van der Waals surface area contributed by atoms with Crippen molar-refractivity contribution in [2.24, 2.45) is 11.3 Å². The molecule has 0 unspecified atom stereocenters. The van der Waals surface area contributed by atoms with Crippen LogP contribution < -0.4 is 11.2 Å². The minimum Gasteiger partial charge on any atom is -0.396 e. The molecule has 9 nitrogen and oxygen atoms in total. The average Bonchev–Trinajstić information content (AvgIpc) is 3.22.